The van der Waals surface area contributed by atoms with Crippen molar-refractivity contribution in [2.24, 2.45) is 0 Å². The van der Waals surface area contributed by atoms with E-state index in [0.717, 1.165) is 22.7 Å². The number of nitrogens with one attached hydrogen (secondary N) is 2. The first kappa shape index (κ1) is 17.6. The molecule has 0 aliphatic carbocycles. The molecule has 3 aromatic rings. The number of sulfone groups is 1. The van der Waals surface area contributed by atoms with Crippen molar-refractivity contribution in [1.29, 1.82) is 5.26 Å². The maximum Gasteiger partial charge on any atom is 0.270 e. The first-order chi connectivity index (χ1) is 12.3. The van der Waals surface area contributed by atoms with Gasteiger partial charge in [0.05, 0.1) is 16.5 Å². The van der Waals surface area contributed by atoms with Gasteiger partial charge >= 0.3 is 0 Å². The molecule has 1 amide bonds. The molecule has 0 unspecified atom stereocenters. The molecule has 0 aliphatic heterocycles. The Morgan fingerprint density at radius 3 is 2.81 bits per heavy atom. The fourth-order valence-corrected chi connectivity index (χ4v) is 3.85. The van der Waals surface area contributed by atoms with E-state index in [1.807, 2.05) is 13.0 Å². The minimum absolute atomic E-state index is 0.0222. The third kappa shape index (κ3) is 3.30. The molecule has 1 aromatic carbocycles. The summed E-state index contributed by atoms with van der Waals surface area (Å²) >= 11 is 0. The average Bonchev–Trinajstić information content (AvgIpc) is 3.10. The van der Waals surface area contributed by atoms with Crippen LogP contribution in [0.1, 0.15) is 27.2 Å². The summed E-state index contributed by atoms with van der Waals surface area (Å²) in [5, 5.41) is 12.4. The highest BCUT2D eigenvalue weighted by Gasteiger charge is 2.19. The number of hydrogen-bond acceptors (Lipinski definition) is 5. The molecule has 7 nitrogen and oxygen atoms in total. The number of rotatable bonds is 4. The van der Waals surface area contributed by atoms with Crippen LogP contribution >= 0.6 is 0 Å². The molecule has 0 aliphatic rings. The predicted molar refractivity (Wildman–Crippen MR) is 96.3 cm³/mol. The molecular formula is C18H16N4O3S. The van der Waals surface area contributed by atoms with Crippen molar-refractivity contribution in [3.05, 3.63) is 59.0 Å². The maximum atomic E-state index is 12.3. The number of amides is 1. The van der Waals surface area contributed by atoms with Crippen molar-refractivity contribution in [2.45, 2.75) is 18.4 Å². The zero-order valence-electron chi connectivity index (χ0n) is 14.2. The van der Waals surface area contributed by atoms with E-state index in [-0.39, 0.29) is 17.1 Å². The third-order valence-corrected chi connectivity index (χ3v) is 5.22. The van der Waals surface area contributed by atoms with Gasteiger partial charge in [-0.25, -0.2) is 8.42 Å². The molecule has 0 bridgehead atoms. The number of hydrogen-bond donors (Lipinski definition) is 2. The minimum atomic E-state index is -3.47. The fourth-order valence-electron chi connectivity index (χ4n) is 2.83. The van der Waals surface area contributed by atoms with Gasteiger partial charge in [-0.1, -0.05) is 0 Å². The van der Waals surface area contributed by atoms with Gasteiger partial charge in [0.1, 0.15) is 5.69 Å². The van der Waals surface area contributed by atoms with Crippen LogP contribution in [0.4, 0.5) is 0 Å². The number of aryl methyl sites for hydroxylation is 1. The van der Waals surface area contributed by atoms with E-state index in [4.69, 9.17) is 5.26 Å². The molecule has 0 atom stereocenters. The Morgan fingerprint density at radius 2 is 2.12 bits per heavy atom. The van der Waals surface area contributed by atoms with Gasteiger partial charge in [0.25, 0.3) is 5.91 Å². The van der Waals surface area contributed by atoms with Crippen LogP contribution in [-0.4, -0.2) is 30.5 Å². The van der Waals surface area contributed by atoms with Gasteiger partial charge < -0.3 is 10.3 Å². The Kier molecular flexibility index (Phi) is 4.49. The first-order valence-corrected chi connectivity index (χ1v) is 9.64. The van der Waals surface area contributed by atoms with Crippen LogP contribution in [-0.2, 0) is 16.4 Å². The number of nitrogens with zero attached hydrogens (tertiary/aromatic N) is 2. The van der Waals surface area contributed by atoms with Gasteiger partial charge in [-0.05, 0) is 42.3 Å². The Balaban J connectivity index is 1.98. The quantitative estimate of drug-likeness (QED) is 0.731. The Hall–Kier alpha value is -3.18. The van der Waals surface area contributed by atoms with Crippen molar-refractivity contribution in [1.82, 2.24) is 15.3 Å². The molecule has 8 heteroatoms. The highest BCUT2D eigenvalue weighted by atomic mass is 32.2. The summed E-state index contributed by atoms with van der Waals surface area (Å²) in [6.07, 6.45) is 4.25. The lowest BCUT2D eigenvalue weighted by Crippen LogP contribution is -2.25. The molecule has 0 saturated carbocycles. The lowest BCUT2D eigenvalue weighted by atomic mass is 10.1. The monoisotopic (exact) mass is 368 g/mol. The molecule has 3 rings (SSSR count). The van der Waals surface area contributed by atoms with E-state index < -0.39 is 15.7 Å². The second-order valence-electron chi connectivity index (χ2n) is 5.93. The van der Waals surface area contributed by atoms with Crippen LogP contribution in [0.15, 0.2) is 41.6 Å². The van der Waals surface area contributed by atoms with E-state index >= 15 is 0 Å². The van der Waals surface area contributed by atoms with Crippen molar-refractivity contribution in [2.75, 3.05) is 6.26 Å². The first-order valence-electron chi connectivity index (χ1n) is 7.75. The molecular weight excluding hydrogens is 352 g/mol. The number of aromatic amines is 1. The van der Waals surface area contributed by atoms with Crippen LogP contribution in [0.2, 0.25) is 0 Å². The molecule has 2 N–H and O–H groups in total. The summed E-state index contributed by atoms with van der Waals surface area (Å²) in [5.41, 5.74) is 2.57. The number of pyridine rings is 1. The summed E-state index contributed by atoms with van der Waals surface area (Å²) in [4.78, 5) is 19.6. The molecule has 26 heavy (non-hydrogen) atoms. The lowest BCUT2D eigenvalue weighted by Gasteiger charge is -2.13. The standard InChI is InChI=1S/C18H16N4O3S/c1-11-7-16(26(2,24)25)14(13-4-6-21-17(11)13)10-22-18(23)15-8-12(9-19)3-5-20-15/h3-8,21H,10H2,1-2H3,(H,22,23). The normalized spacial score (nSPS) is 11.3. The average molecular weight is 368 g/mol. The zero-order chi connectivity index (χ0) is 18.9. The van der Waals surface area contributed by atoms with Crippen molar-refractivity contribution in [3.8, 4) is 6.07 Å². The number of carbonyl (C=O) groups excluding carboxylic acids is 1. The summed E-state index contributed by atoms with van der Waals surface area (Å²) in [6.45, 7) is 1.85. The highest BCUT2D eigenvalue weighted by molar-refractivity contribution is 7.90. The van der Waals surface area contributed by atoms with Gasteiger partial charge in [0.2, 0.25) is 0 Å². The van der Waals surface area contributed by atoms with Gasteiger partial charge in [0.15, 0.2) is 9.84 Å². The van der Waals surface area contributed by atoms with E-state index in [9.17, 15) is 13.2 Å². The predicted octanol–water partition coefficient (Wildman–Crippen LogP) is 2.08. The lowest BCUT2D eigenvalue weighted by molar-refractivity contribution is 0.0945. The van der Waals surface area contributed by atoms with Gasteiger partial charge in [-0.3, -0.25) is 9.78 Å². The second-order valence-corrected chi connectivity index (χ2v) is 7.92. The Bertz CT molecular complexity index is 1160. The zero-order valence-corrected chi connectivity index (χ0v) is 15.0. The maximum absolute atomic E-state index is 12.3. The molecule has 132 valence electrons. The van der Waals surface area contributed by atoms with Crippen molar-refractivity contribution < 1.29 is 13.2 Å². The topological polar surface area (TPSA) is 116 Å². The minimum Gasteiger partial charge on any atom is -0.361 e. The molecule has 2 aromatic heterocycles. The summed E-state index contributed by atoms with van der Waals surface area (Å²) in [5.74, 6) is -0.481. The largest absolute Gasteiger partial charge is 0.361 e. The number of aromatic nitrogens is 2. The van der Waals surface area contributed by atoms with Crippen LogP contribution in [0.25, 0.3) is 10.9 Å². The molecule has 0 spiro atoms. The van der Waals surface area contributed by atoms with Crippen LogP contribution in [0, 0.1) is 18.3 Å². The number of nitriles is 1. The van der Waals surface area contributed by atoms with Crippen LogP contribution in [0.3, 0.4) is 0 Å². The number of benzene rings is 1. The van der Waals surface area contributed by atoms with Gasteiger partial charge in [0, 0.05) is 36.1 Å². The van der Waals surface area contributed by atoms with E-state index in [1.54, 1.807) is 18.3 Å². The third-order valence-electron chi connectivity index (χ3n) is 4.06. The summed E-state index contributed by atoms with van der Waals surface area (Å²) in [6, 6.07) is 8.22. The molecule has 0 fully saturated rings. The highest BCUT2D eigenvalue weighted by Crippen LogP contribution is 2.28. The van der Waals surface area contributed by atoms with Gasteiger partial charge in [-0.2, -0.15) is 5.26 Å². The Labute approximate surface area is 150 Å². The van der Waals surface area contributed by atoms with E-state index in [1.165, 1.54) is 18.3 Å². The van der Waals surface area contributed by atoms with Crippen LogP contribution < -0.4 is 5.32 Å². The van der Waals surface area contributed by atoms with E-state index in [2.05, 4.69) is 15.3 Å². The molecule has 0 saturated heterocycles. The van der Waals surface area contributed by atoms with Crippen LogP contribution in [0.5, 0.6) is 0 Å². The van der Waals surface area contributed by atoms with Crippen molar-refractivity contribution in [3.63, 3.8) is 0 Å². The number of H-pyrrole nitrogens is 1. The second kappa shape index (κ2) is 6.61. The smallest absolute Gasteiger partial charge is 0.270 e. The molecule has 2 heterocycles. The SMILES string of the molecule is Cc1cc(S(C)(=O)=O)c(CNC(=O)c2cc(C#N)ccn2)c2cc[nH]c12. The summed E-state index contributed by atoms with van der Waals surface area (Å²) < 4.78 is 24.4. The molecule has 0 radical (unpaired) electrons. The number of carbonyl (C=O) groups is 1. The Morgan fingerprint density at radius 1 is 1.35 bits per heavy atom. The van der Waals surface area contributed by atoms with Crippen molar-refractivity contribution >= 4 is 26.6 Å². The number of fused-ring (bicyclic) bond motifs is 1. The van der Waals surface area contributed by atoms with E-state index in [0.29, 0.717) is 11.1 Å². The van der Waals surface area contributed by atoms with Gasteiger partial charge in [-0.15, -0.1) is 0 Å². The summed E-state index contributed by atoms with van der Waals surface area (Å²) in [7, 11) is -3.47. The fraction of sp³-hybridized carbons (Fsp3) is 0.167.